The van der Waals surface area contributed by atoms with E-state index in [1.165, 1.54) is 0 Å². The lowest BCUT2D eigenvalue weighted by Crippen LogP contribution is -2.31. The first-order chi connectivity index (χ1) is 10.3. The van der Waals surface area contributed by atoms with Crippen molar-refractivity contribution in [1.82, 2.24) is 5.32 Å². The first kappa shape index (κ1) is 16.0. The minimum Gasteiger partial charge on any atom is -0.495 e. The Kier molecular flexibility index (Phi) is 6.69. The number of methoxy groups -OCH3 is 1. The number of hydrogen-bond donors (Lipinski definition) is 2. The summed E-state index contributed by atoms with van der Waals surface area (Å²) in [5.74, 6) is 1.58. The fourth-order valence-electron chi connectivity index (χ4n) is 2.15. The fraction of sp³-hybridized carbons (Fsp3) is 0.533. The van der Waals surface area contributed by atoms with E-state index >= 15 is 0 Å². The average molecular weight is 310 g/mol. The highest BCUT2D eigenvalue weighted by molar-refractivity contribution is 7.99. The lowest BCUT2D eigenvalue weighted by Gasteiger charge is -2.21. The molecule has 1 fully saturated rings. The predicted molar refractivity (Wildman–Crippen MR) is 86.3 cm³/mol. The second-order valence-corrected chi connectivity index (χ2v) is 6.17. The Hall–Kier alpha value is -1.40. The van der Waals surface area contributed by atoms with Crippen LogP contribution in [0.5, 0.6) is 5.75 Å². The molecule has 0 spiro atoms. The summed E-state index contributed by atoms with van der Waals surface area (Å²) in [7, 11) is 1.59. The van der Waals surface area contributed by atoms with Gasteiger partial charge in [-0.2, -0.15) is 11.8 Å². The van der Waals surface area contributed by atoms with E-state index in [1.807, 2.05) is 36.0 Å². The van der Waals surface area contributed by atoms with Gasteiger partial charge in [0.05, 0.1) is 12.8 Å². The van der Waals surface area contributed by atoms with Crippen LogP contribution >= 0.6 is 11.8 Å². The van der Waals surface area contributed by atoms with Gasteiger partial charge >= 0.3 is 6.03 Å². The third-order valence-electron chi connectivity index (χ3n) is 3.26. The summed E-state index contributed by atoms with van der Waals surface area (Å²) in [4.78, 5) is 11.8. The Balaban J connectivity index is 1.65. The standard InChI is InChI=1S/C15H22N2O3S/c1-19-14-5-3-2-4-13(14)17-15(18)16-8-11-21-12-6-9-20-10-7-12/h2-5,12H,6-11H2,1H3,(H2,16,17,18). The molecule has 0 atom stereocenters. The van der Waals surface area contributed by atoms with Gasteiger partial charge in [-0.15, -0.1) is 0 Å². The summed E-state index contributed by atoms with van der Waals surface area (Å²) in [5, 5.41) is 6.32. The van der Waals surface area contributed by atoms with Crippen LogP contribution in [0.1, 0.15) is 12.8 Å². The Morgan fingerprint density at radius 1 is 1.38 bits per heavy atom. The van der Waals surface area contributed by atoms with Gasteiger partial charge in [-0.05, 0) is 25.0 Å². The molecule has 1 aliphatic heterocycles. The summed E-state index contributed by atoms with van der Waals surface area (Å²) < 4.78 is 10.5. The highest BCUT2D eigenvalue weighted by Gasteiger charge is 2.13. The third-order valence-corrected chi connectivity index (χ3v) is 4.65. The number of rotatable bonds is 6. The second-order valence-electron chi connectivity index (χ2n) is 4.76. The predicted octanol–water partition coefficient (Wildman–Crippen LogP) is 2.73. The van der Waals surface area contributed by atoms with E-state index in [0.717, 1.165) is 31.8 Å². The molecule has 0 saturated carbocycles. The smallest absolute Gasteiger partial charge is 0.319 e. The summed E-state index contributed by atoms with van der Waals surface area (Å²) >= 11 is 1.91. The molecule has 1 aromatic rings. The molecule has 1 saturated heterocycles. The van der Waals surface area contributed by atoms with E-state index in [0.29, 0.717) is 23.2 Å². The zero-order chi connectivity index (χ0) is 14.9. The number of ether oxygens (including phenoxy) is 2. The molecule has 0 aliphatic carbocycles. The van der Waals surface area contributed by atoms with Crippen molar-refractivity contribution < 1.29 is 14.3 Å². The van der Waals surface area contributed by atoms with Crippen LogP contribution in [-0.4, -0.2) is 43.9 Å². The number of nitrogens with one attached hydrogen (secondary N) is 2. The minimum atomic E-state index is -0.202. The number of carbonyl (C=O) groups excluding carboxylic acids is 1. The Morgan fingerprint density at radius 3 is 2.90 bits per heavy atom. The maximum absolute atomic E-state index is 11.8. The summed E-state index contributed by atoms with van der Waals surface area (Å²) in [6.07, 6.45) is 2.22. The number of benzene rings is 1. The maximum atomic E-state index is 11.8. The van der Waals surface area contributed by atoms with E-state index in [1.54, 1.807) is 7.11 Å². The second kappa shape index (κ2) is 8.79. The summed E-state index contributed by atoms with van der Waals surface area (Å²) in [5.41, 5.74) is 0.676. The van der Waals surface area contributed by atoms with Crippen molar-refractivity contribution in [3.8, 4) is 5.75 Å². The van der Waals surface area contributed by atoms with E-state index in [-0.39, 0.29) is 6.03 Å². The van der Waals surface area contributed by atoms with Crippen molar-refractivity contribution in [2.45, 2.75) is 18.1 Å². The first-order valence-corrected chi connectivity index (χ1v) is 8.21. The highest BCUT2D eigenvalue weighted by atomic mass is 32.2. The van der Waals surface area contributed by atoms with Gasteiger partial charge in [0.1, 0.15) is 5.75 Å². The Bertz CT molecular complexity index is 450. The first-order valence-electron chi connectivity index (χ1n) is 7.17. The van der Waals surface area contributed by atoms with Crippen LogP contribution in [0.15, 0.2) is 24.3 Å². The number of para-hydroxylation sites is 2. The molecule has 2 N–H and O–H groups in total. The number of anilines is 1. The Labute approximate surface area is 129 Å². The zero-order valence-electron chi connectivity index (χ0n) is 12.3. The molecule has 1 heterocycles. The van der Waals surface area contributed by atoms with Crippen molar-refractivity contribution in [3.63, 3.8) is 0 Å². The molecule has 0 aromatic heterocycles. The lowest BCUT2D eigenvalue weighted by atomic mass is 10.2. The fourth-order valence-corrected chi connectivity index (χ4v) is 3.23. The minimum absolute atomic E-state index is 0.202. The largest absolute Gasteiger partial charge is 0.495 e. The molecule has 2 rings (SSSR count). The van der Waals surface area contributed by atoms with Gasteiger partial charge in [0.25, 0.3) is 0 Å². The van der Waals surface area contributed by atoms with Crippen LogP contribution in [-0.2, 0) is 4.74 Å². The van der Waals surface area contributed by atoms with Crippen LogP contribution in [0.3, 0.4) is 0 Å². The lowest BCUT2D eigenvalue weighted by molar-refractivity contribution is 0.100. The van der Waals surface area contributed by atoms with E-state index in [4.69, 9.17) is 9.47 Å². The third kappa shape index (κ3) is 5.47. The van der Waals surface area contributed by atoms with Crippen molar-refractivity contribution in [3.05, 3.63) is 24.3 Å². The molecule has 116 valence electrons. The molecule has 0 unspecified atom stereocenters. The normalized spacial score (nSPS) is 15.5. The molecule has 1 aliphatic rings. The van der Waals surface area contributed by atoms with E-state index in [2.05, 4.69) is 10.6 Å². The molecular formula is C15H22N2O3S. The van der Waals surface area contributed by atoms with Crippen LogP contribution in [0, 0.1) is 0 Å². The van der Waals surface area contributed by atoms with Crippen molar-refractivity contribution in [2.24, 2.45) is 0 Å². The van der Waals surface area contributed by atoms with Gasteiger partial charge < -0.3 is 20.1 Å². The molecule has 6 heteroatoms. The maximum Gasteiger partial charge on any atom is 0.319 e. The number of hydrogen-bond acceptors (Lipinski definition) is 4. The van der Waals surface area contributed by atoms with Crippen LogP contribution in [0.4, 0.5) is 10.5 Å². The highest BCUT2D eigenvalue weighted by Crippen LogP contribution is 2.23. The Morgan fingerprint density at radius 2 is 2.14 bits per heavy atom. The van der Waals surface area contributed by atoms with Crippen molar-refractivity contribution in [1.29, 1.82) is 0 Å². The quantitative estimate of drug-likeness (QED) is 0.793. The topological polar surface area (TPSA) is 59.6 Å². The van der Waals surface area contributed by atoms with Crippen molar-refractivity contribution >= 4 is 23.5 Å². The molecular weight excluding hydrogens is 288 g/mol. The molecule has 21 heavy (non-hydrogen) atoms. The molecule has 0 radical (unpaired) electrons. The van der Waals surface area contributed by atoms with Gasteiger partial charge in [0, 0.05) is 30.8 Å². The zero-order valence-corrected chi connectivity index (χ0v) is 13.1. The van der Waals surface area contributed by atoms with Gasteiger partial charge in [0.2, 0.25) is 0 Å². The van der Waals surface area contributed by atoms with Crippen molar-refractivity contribution in [2.75, 3.05) is 37.9 Å². The number of carbonyl (C=O) groups is 1. The summed E-state index contributed by atoms with van der Waals surface area (Å²) in [6.45, 7) is 2.38. The monoisotopic (exact) mass is 310 g/mol. The van der Waals surface area contributed by atoms with Gasteiger partial charge in [-0.25, -0.2) is 4.79 Å². The van der Waals surface area contributed by atoms with Gasteiger partial charge in [0.15, 0.2) is 0 Å². The SMILES string of the molecule is COc1ccccc1NC(=O)NCCSC1CCOCC1. The van der Waals surface area contributed by atoms with Crippen LogP contribution < -0.4 is 15.4 Å². The number of amides is 2. The van der Waals surface area contributed by atoms with E-state index in [9.17, 15) is 4.79 Å². The van der Waals surface area contributed by atoms with Gasteiger partial charge in [-0.1, -0.05) is 12.1 Å². The molecule has 1 aromatic carbocycles. The van der Waals surface area contributed by atoms with Crippen LogP contribution in [0.2, 0.25) is 0 Å². The molecule has 2 amide bonds. The molecule has 0 bridgehead atoms. The van der Waals surface area contributed by atoms with Gasteiger partial charge in [-0.3, -0.25) is 0 Å². The van der Waals surface area contributed by atoms with Crippen LogP contribution in [0.25, 0.3) is 0 Å². The summed E-state index contributed by atoms with van der Waals surface area (Å²) in [6, 6.07) is 7.16. The number of urea groups is 1. The van der Waals surface area contributed by atoms with E-state index < -0.39 is 0 Å². The average Bonchev–Trinajstić information content (AvgIpc) is 2.53. The number of thioether (sulfide) groups is 1. The molecule has 5 nitrogen and oxygen atoms in total.